The van der Waals surface area contributed by atoms with Crippen molar-refractivity contribution in [1.29, 1.82) is 0 Å². The molecule has 0 saturated heterocycles. The molecule has 0 heterocycles. The lowest BCUT2D eigenvalue weighted by atomic mass is 9.69. The quantitative estimate of drug-likeness (QED) is 0.0668. The van der Waals surface area contributed by atoms with E-state index < -0.39 is 0 Å². The van der Waals surface area contributed by atoms with Crippen molar-refractivity contribution in [1.82, 2.24) is 0 Å². The first-order chi connectivity index (χ1) is 28.9. The molecule has 1 aliphatic rings. The highest BCUT2D eigenvalue weighted by Crippen LogP contribution is 2.56. The van der Waals surface area contributed by atoms with Crippen molar-refractivity contribution in [2.24, 2.45) is 0 Å². The van der Waals surface area contributed by atoms with Crippen molar-refractivity contribution < 1.29 is 0 Å². The van der Waals surface area contributed by atoms with Crippen molar-refractivity contribution in [2.45, 2.75) is 188 Å². The van der Waals surface area contributed by atoms with Crippen LogP contribution in [0.25, 0.3) is 22.3 Å². The number of nitrogens with zero attached hydrogens (tertiary/aromatic N) is 1. The molecule has 0 bridgehead atoms. The fourth-order valence-corrected chi connectivity index (χ4v) is 9.77. The molecule has 6 rings (SSSR count). The molecule has 0 spiro atoms. The Morgan fingerprint density at radius 2 is 0.817 bits per heavy atom. The topological polar surface area (TPSA) is 3.24 Å². The van der Waals surface area contributed by atoms with Gasteiger partial charge in [0, 0.05) is 22.5 Å². The second-order valence-corrected chi connectivity index (χ2v) is 20.3. The Bertz CT molecular complexity index is 2050. The molecule has 1 heteroatoms. The van der Waals surface area contributed by atoms with Gasteiger partial charge >= 0.3 is 0 Å². The molecule has 0 amide bonds. The standard InChI is InChI=1S/C59H79N/c1-10-13-16-18-20-22-41-59(42-23-21-19-17-14-11-2)55-43-47(29-39-53(55)54-40-32-49(44-56(54)59)58(7,8)9)46-27-35-51(36-28-46)60(50-33-25-45(26-34-50)24-15-12-3)52-37-30-48(31-38-52)57(4,5)6/h25-40,43-44H,10-24,41-42H2,1-9H3. The van der Waals surface area contributed by atoms with Crippen molar-refractivity contribution in [2.75, 3.05) is 4.90 Å². The van der Waals surface area contributed by atoms with E-state index in [0.717, 1.165) is 6.42 Å². The van der Waals surface area contributed by atoms with Crippen LogP contribution in [0.5, 0.6) is 0 Å². The first-order valence-corrected chi connectivity index (χ1v) is 24.3. The third-order valence-corrected chi connectivity index (χ3v) is 13.6. The van der Waals surface area contributed by atoms with E-state index in [4.69, 9.17) is 0 Å². The second kappa shape index (κ2) is 20.6. The van der Waals surface area contributed by atoms with Crippen molar-refractivity contribution >= 4 is 17.1 Å². The lowest BCUT2D eigenvalue weighted by Gasteiger charge is -2.34. The van der Waals surface area contributed by atoms with Crippen molar-refractivity contribution in [3.63, 3.8) is 0 Å². The van der Waals surface area contributed by atoms with Crippen LogP contribution in [-0.2, 0) is 22.7 Å². The summed E-state index contributed by atoms with van der Waals surface area (Å²) >= 11 is 0. The van der Waals surface area contributed by atoms with Crippen LogP contribution in [0.2, 0.25) is 0 Å². The minimum atomic E-state index is 0.0523. The zero-order chi connectivity index (χ0) is 42.8. The Hall–Kier alpha value is -4.10. The number of aryl methyl sites for hydroxylation is 1. The van der Waals surface area contributed by atoms with Gasteiger partial charge in [-0.05, 0) is 129 Å². The molecular formula is C59H79N. The Kier molecular flexibility index (Phi) is 15.6. The molecule has 5 aromatic rings. The molecule has 0 unspecified atom stereocenters. The summed E-state index contributed by atoms with van der Waals surface area (Å²) in [5.74, 6) is 0. The fourth-order valence-electron chi connectivity index (χ4n) is 9.77. The van der Waals surface area contributed by atoms with Crippen LogP contribution in [0.4, 0.5) is 17.1 Å². The molecule has 0 fully saturated rings. The smallest absolute Gasteiger partial charge is 0.0462 e. The minimum Gasteiger partial charge on any atom is -0.311 e. The van der Waals surface area contributed by atoms with E-state index in [9.17, 15) is 0 Å². The van der Waals surface area contributed by atoms with Crippen LogP contribution < -0.4 is 4.90 Å². The van der Waals surface area contributed by atoms with E-state index in [-0.39, 0.29) is 16.2 Å². The zero-order valence-corrected chi connectivity index (χ0v) is 39.4. The normalized spacial score (nSPS) is 13.3. The maximum atomic E-state index is 2.64. The first-order valence-electron chi connectivity index (χ1n) is 24.3. The van der Waals surface area contributed by atoms with E-state index >= 15 is 0 Å². The maximum Gasteiger partial charge on any atom is 0.0462 e. The minimum absolute atomic E-state index is 0.0523. The predicted molar refractivity (Wildman–Crippen MR) is 265 cm³/mol. The molecule has 0 aliphatic heterocycles. The number of fused-ring (bicyclic) bond motifs is 3. The van der Waals surface area contributed by atoms with Crippen LogP contribution in [0, 0.1) is 0 Å². The van der Waals surface area contributed by atoms with Gasteiger partial charge in [0.05, 0.1) is 0 Å². The molecular weight excluding hydrogens is 723 g/mol. The summed E-state index contributed by atoms with van der Waals surface area (Å²) in [6, 6.07) is 42.9. The molecule has 0 saturated carbocycles. The van der Waals surface area contributed by atoms with Crippen LogP contribution in [0.3, 0.4) is 0 Å². The molecule has 320 valence electrons. The number of unbranched alkanes of at least 4 members (excludes halogenated alkanes) is 11. The maximum absolute atomic E-state index is 2.64. The van der Waals surface area contributed by atoms with E-state index in [1.54, 1.807) is 11.1 Å². The van der Waals surface area contributed by atoms with Gasteiger partial charge in [0.15, 0.2) is 0 Å². The van der Waals surface area contributed by atoms with Gasteiger partial charge in [-0.15, -0.1) is 0 Å². The lowest BCUT2D eigenvalue weighted by molar-refractivity contribution is 0.397. The van der Waals surface area contributed by atoms with Gasteiger partial charge in [-0.1, -0.05) is 213 Å². The van der Waals surface area contributed by atoms with Gasteiger partial charge in [-0.2, -0.15) is 0 Å². The Labute approximate surface area is 367 Å². The highest BCUT2D eigenvalue weighted by molar-refractivity contribution is 5.85. The van der Waals surface area contributed by atoms with Crippen molar-refractivity contribution in [3.8, 4) is 22.3 Å². The second-order valence-electron chi connectivity index (χ2n) is 20.3. The Balaban J connectivity index is 1.38. The van der Waals surface area contributed by atoms with Crippen LogP contribution >= 0.6 is 0 Å². The van der Waals surface area contributed by atoms with Crippen LogP contribution in [0.1, 0.15) is 193 Å². The zero-order valence-electron chi connectivity index (χ0n) is 39.4. The SMILES string of the molecule is CCCCCCCCC1(CCCCCCCC)c2cc(-c3ccc(N(c4ccc(CCCC)cc4)c4ccc(C(C)(C)C)cc4)cc3)ccc2-c2ccc(C(C)(C)C)cc21. The molecule has 1 nitrogen and oxygen atoms in total. The predicted octanol–water partition coefficient (Wildman–Crippen LogP) is 18.5. The first kappa shape index (κ1) is 45.4. The number of anilines is 3. The fraction of sp³-hybridized carbons (Fsp3) is 0.492. The summed E-state index contributed by atoms with van der Waals surface area (Å²) < 4.78 is 0. The third kappa shape index (κ3) is 10.9. The van der Waals surface area contributed by atoms with Crippen LogP contribution in [-0.4, -0.2) is 0 Å². The summed E-state index contributed by atoms with van der Waals surface area (Å²) in [7, 11) is 0. The van der Waals surface area contributed by atoms with Gasteiger partial charge in [-0.25, -0.2) is 0 Å². The number of benzene rings is 5. The molecule has 0 atom stereocenters. The van der Waals surface area contributed by atoms with Gasteiger partial charge in [0.1, 0.15) is 0 Å². The summed E-state index contributed by atoms with van der Waals surface area (Å²) in [6.07, 6.45) is 22.1. The number of hydrogen-bond acceptors (Lipinski definition) is 1. The molecule has 60 heavy (non-hydrogen) atoms. The lowest BCUT2D eigenvalue weighted by Crippen LogP contribution is -2.26. The molecule has 1 aliphatic carbocycles. The van der Waals surface area contributed by atoms with Crippen molar-refractivity contribution in [3.05, 3.63) is 137 Å². The largest absolute Gasteiger partial charge is 0.311 e. The molecule has 0 aromatic heterocycles. The summed E-state index contributed by atoms with van der Waals surface area (Å²) in [6.45, 7) is 21.0. The average molecular weight is 802 g/mol. The number of rotatable bonds is 21. The monoisotopic (exact) mass is 802 g/mol. The summed E-state index contributed by atoms with van der Waals surface area (Å²) in [5.41, 5.74) is 16.8. The molecule has 0 radical (unpaired) electrons. The highest BCUT2D eigenvalue weighted by atomic mass is 15.1. The Morgan fingerprint density at radius 1 is 0.400 bits per heavy atom. The number of hydrogen-bond donors (Lipinski definition) is 0. The summed E-state index contributed by atoms with van der Waals surface area (Å²) in [5, 5.41) is 0. The van der Waals surface area contributed by atoms with Crippen LogP contribution in [0.15, 0.2) is 109 Å². The third-order valence-electron chi connectivity index (χ3n) is 13.6. The Morgan fingerprint density at radius 3 is 1.33 bits per heavy atom. The van der Waals surface area contributed by atoms with E-state index in [2.05, 4.69) is 176 Å². The van der Waals surface area contributed by atoms with Gasteiger partial charge in [-0.3, -0.25) is 0 Å². The molecule has 0 N–H and O–H groups in total. The van der Waals surface area contributed by atoms with Gasteiger partial charge in [0.2, 0.25) is 0 Å². The van der Waals surface area contributed by atoms with E-state index in [1.807, 2.05) is 0 Å². The highest BCUT2D eigenvalue weighted by Gasteiger charge is 2.43. The van der Waals surface area contributed by atoms with Gasteiger partial charge < -0.3 is 4.90 Å². The van der Waals surface area contributed by atoms with E-state index in [0.29, 0.717) is 0 Å². The van der Waals surface area contributed by atoms with Gasteiger partial charge in [0.25, 0.3) is 0 Å². The molecule has 5 aromatic carbocycles. The summed E-state index contributed by atoms with van der Waals surface area (Å²) in [4.78, 5) is 2.43. The average Bonchev–Trinajstić information content (AvgIpc) is 3.51. The van der Waals surface area contributed by atoms with E-state index in [1.165, 1.54) is 159 Å².